The SMILES string of the molecule is COc1cccc(-c2cccc3c(N)c4c(O)n(C)cc4nc23)c1F. The van der Waals surface area contributed by atoms with Crippen molar-refractivity contribution in [1.82, 2.24) is 9.55 Å². The van der Waals surface area contributed by atoms with Crippen molar-refractivity contribution in [1.29, 1.82) is 0 Å². The summed E-state index contributed by atoms with van der Waals surface area (Å²) in [6.45, 7) is 0. The van der Waals surface area contributed by atoms with Crippen LogP contribution >= 0.6 is 0 Å². The molecule has 2 aromatic heterocycles. The number of para-hydroxylation sites is 1. The third-order valence-corrected chi connectivity index (χ3v) is 4.43. The summed E-state index contributed by atoms with van der Waals surface area (Å²) in [5, 5.41) is 11.4. The summed E-state index contributed by atoms with van der Waals surface area (Å²) >= 11 is 0. The molecule has 0 bridgehead atoms. The van der Waals surface area contributed by atoms with Crippen LogP contribution in [0, 0.1) is 5.82 Å². The first kappa shape index (κ1) is 15.3. The Labute approximate surface area is 143 Å². The summed E-state index contributed by atoms with van der Waals surface area (Å²) in [6, 6.07) is 10.4. The van der Waals surface area contributed by atoms with E-state index in [1.165, 1.54) is 7.11 Å². The normalized spacial score (nSPS) is 11.3. The zero-order valence-electron chi connectivity index (χ0n) is 13.7. The lowest BCUT2D eigenvalue weighted by Crippen LogP contribution is -1.95. The Hall–Kier alpha value is -3.28. The van der Waals surface area contributed by atoms with E-state index in [9.17, 15) is 9.50 Å². The van der Waals surface area contributed by atoms with Crippen molar-refractivity contribution < 1.29 is 14.2 Å². The Bertz CT molecular complexity index is 1130. The minimum atomic E-state index is -0.450. The highest BCUT2D eigenvalue weighted by atomic mass is 19.1. The van der Waals surface area contributed by atoms with Gasteiger partial charge < -0.3 is 20.1 Å². The molecule has 0 unspecified atom stereocenters. The Balaban J connectivity index is 2.12. The van der Waals surface area contributed by atoms with E-state index >= 15 is 0 Å². The molecule has 25 heavy (non-hydrogen) atoms. The molecule has 2 aromatic carbocycles. The molecule has 0 spiro atoms. The third kappa shape index (κ3) is 2.11. The van der Waals surface area contributed by atoms with Gasteiger partial charge in [-0.2, -0.15) is 0 Å². The molecule has 0 radical (unpaired) electrons. The van der Waals surface area contributed by atoms with Gasteiger partial charge in [-0.25, -0.2) is 9.37 Å². The molecule has 3 N–H and O–H groups in total. The van der Waals surface area contributed by atoms with E-state index < -0.39 is 5.82 Å². The van der Waals surface area contributed by atoms with Crippen molar-refractivity contribution in [3.8, 4) is 22.8 Å². The minimum Gasteiger partial charge on any atom is -0.494 e. The van der Waals surface area contributed by atoms with Crippen LogP contribution in [0.15, 0.2) is 42.6 Å². The summed E-state index contributed by atoms with van der Waals surface area (Å²) in [7, 11) is 3.14. The van der Waals surface area contributed by atoms with Crippen LogP contribution in [0.25, 0.3) is 32.9 Å². The fourth-order valence-corrected chi connectivity index (χ4v) is 3.17. The lowest BCUT2D eigenvalue weighted by Gasteiger charge is -2.11. The number of nitrogens with zero attached hydrogens (tertiary/aromatic N) is 2. The van der Waals surface area contributed by atoms with E-state index in [1.54, 1.807) is 48.1 Å². The number of aromatic hydroxyl groups is 1. The molecule has 0 amide bonds. The van der Waals surface area contributed by atoms with Gasteiger partial charge in [0.25, 0.3) is 0 Å². The topological polar surface area (TPSA) is 73.3 Å². The molecule has 4 rings (SSSR count). The number of hydrogen-bond donors (Lipinski definition) is 2. The van der Waals surface area contributed by atoms with Crippen LogP contribution in [0.4, 0.5) is 10.1 Å². The fraction of sp³-hybridized carbons (Fsp3) is 0.105. The average molecular weight is 337 g/mol. The Morgan fingerprint density at radius 1 is 1.16 bits per heavy atom. The minimum absolute atomic E-state index is 0.0554. The monoisotopic (exact) mass is 337 g/mol. The molecule has 0 atom stereocenters. The number of ether oxygens (including phenoxy) is 1. The molecular weight excluding hydrogens is 321 g/mol. The van der Waals surface area contributed by atoms with Gasteiger partial charge in [0, 0.05) is 29.8 Å². The number of halogens is 1. The number of hydrogen-bond acceptors (Lipinski definition) is 4. The summed E-state index contributed by atoms with van der Waals surface area (Å²) < 4.78 is 21.4. The van der Waals surface area contributed by atoms with Crippen LogP contribution in [0.3, 0.4) is 0 Å². The number of aromatic nitrogens is 2. The Morgan fingerprint density at radius 3 is 2.64 bits per heavy atom. The summed E-state index contributed by atoms with van der Waals surface area (Å²) in [5.41, 5.74) is 8.83. The van der Waals surface area contributed by atoms with Gasteiger partial charge in [-0.1, -0.05) is 30.3 Å². The number of nitrogens with two attached hydrogens (primary N) is 1. The molecule has 0 aliphatic rings. The third-order valence-electron chi connectivity index (χ3n) is 4.43. The van der Waals surface area contributed by atoms with E-state index in [0.29, 0.717) is 38.6 Å². The predicted octanol–water partition coefficient (Wildman–Crippen LogP) is 3.83. The predicted molar refractivity (Wildman–Crippen MR) is 96.2 cm³/mol. The molecule has 0 saturated heterocycles. The number of fused-ring (bicyclic) bond motifs is 2. The van der Waals surface area contributed by atoms with Crippen LogP contribution in [-0.2, 0) is 7.05 Å². The molecule has 5 nitrogen and oxygen atoms in total. The lowest BCUT2D eigenvalue weighted by atomic mass is 9.99. The van der Waals surface area contributed by atoms with Crippen molar-refractivity contribution >= 4 is 27.5 Å². The number of methoxy groups -OCH3 is 1. The van der Waals surface area contributed by atoms with E-state index in [-0.39, 0.29) is 11.6 Å². The number of benzene rings is 2. The van der Waals surface area contributed by atoms with Gasteiger partial charge in [-0.15, -0.1) is 0 Å². The number of aryl methyl sites for hydroxylation is 1. The van der Waals surface area contributed by atoms with Gasteiger partial charge in [0.2, 0.25) is 5.88 Å². The smallest absolute Gasteiger partial charge is 0.202 e. The van der Waals surface area contributed by atoms with Crippen LogP contribution in [0.2, 0.25) is 0 Å². The van der Waals surface area contributed by atoms with Gasteiger partial charge in [0.15, 0.2) is 11.6 Å². The van der Waals surface area contributed by atoms with Crippen molar-refractivity contribution in [3.63, 3.8) is 0 Å². The zero-order chi connectivity index (χ0) is 17.7. The molecule has 0 aliphatic carbocycles. The van der Waals surface area contributed by atoms with Crippen LogP contribution < -0.4 is 10.5 Å². The van der Waals surface area contributed by atoms with Crippen molar-refractivity contribution in [2.24, 2.45) is 7.05 Å². The van der Waals surface area contributed by atoms with E-state index in [0.717, 1.165) is 0 Å². The first-order chi connectivity index (χ1) is 12.0. The van der Waals surface area contributed by atoms with E-state index in [4.69, 9.17) is 10.5 Å². The quantitative estimate of drug-likeness (QED) is 0.583. The first-order valence-electron chi connectivity index (χ1n) is 7.72. The lowest BCUT2D eigenvalue weighted by molar-refractivity contribution is 0.387. The maximum absolute atomic E-state index is 14.7. The van der Waals surface area contributed by atoms with Gasteiger partial charge in [0.05, 0.1) is 29.2 Å². The summed E-state index contributed by atoms with van der Waals surface area (Å²) in [5.74, 6) is -0.227. The molecule has 2 heterocycles. The Morgan fingerprint density at radius 2 is 1.88 bits per heavy atom. The second-order valence-electron chi connectivity index (χ2n) is 5.87. The van der Waals surface area contributed by atoms with E-state index in [1.807, 2.05) is 6.07 Å². The van der Waals surface area contributed by atoms with Gasteiger partial charge in [-0.3, -0.25) is 0 Å². The molecule has 0 fully saturated rings. The van der Waals surface area contributed by atoms with Crippen LogP contribution in [0.5, 0.6) is 11.6 Å². The highest BCUT2D eigenvalue weighted by Crippen LogP contribution is 2.39. The average Bonchev–Trinajstić information content (AvgIpc) is 2.89. The van der Waals surface area contributed by atoms with Gasteiger partial charge >= 0.3 is 0 Å². The number of anilines is 1. The highest BCUT2D eigenvalue weighted by molar-refractivity contribution is 6.12. The van der Waals surface area contributed by atoms with E-state index in [2.05, 4.69) is 4.98 Å². The number of pyridine rings is 1. The first-order valence-corrected chi connectivity index (χ1v) is 7.72. The van der Waals surface area contributed by atoms with Gasteiger partial charge in [-0.05, 0) is 6.07 Å². The second-order valence-corrected chi connectivity index (χ2v) is 5.87. The maximum atomic E-state index is 14.7. The Kier molecular flexibility index (Phi) is 3.28. The van der Waals surface area contributed by atoms with Crippen LogP contribution in [0.1, 0.15) is 0 Å². The highest BCUT2D eigenvalue weighted by Gasteiger charge is 2.18. The second kappa shape index (κ2) is 5.37. The summed E-state index contributed by atoms with van der Waals surface area (Å²) in [4.78, 5) is 4.62. The van der Waals surface area contributed by atoms with Gasteiger partial charge in [0.1, 0.15) is 0 Å². The molecule has 126 valence electrons. The van der Waals surface area contributed by atoms with Crippen molar-refractivity contribution in [3.05, 3.63) is 48.4 Å². The molecule has 4 aromatic rings. The standard InChI is InChI=1S/C19H16FN3O2/c1-23-9-13-15(19(23)24)17(21)12-7-3-6-11(18(12)22-13)10-5-4-8-14(25-2)16(10)20/h3-9,24H,21H2,1-2H3. The number of rotatable bonds is 2. The van der Waals surface area contributed by atoms with Crippen molar-refractivity contribution in [2.75, 3.05) is 12.8 Å². The maximum Gasteiger partial charge on any atom is 0.202 e. The fourth-order valence-electron chi connectivity index (χ4n) is 3.17. The number of nitrogen functional groups attached to an aromatic ring is 1. The van der Waals surface area contributed by atoms with Crippen molar-refractivity contribution in [2.45, 2.75) is 0 Å². The molecule has 0 saturated carbocycles. The largest absolute Gasteiger partial charge is 0.494 e. The molecule has 6 heteroatoms. The zero-order valence-corrected chi connectivity index (χ0v) is 13.7. The molecule has 0 aliphatic heterocycles. The summed E-state index contributed by atoms with van der Waals surface area (Å²) in [6.07, 6.45) is 1.69. The molecular formula is C19H16FN3O2. The van der Waals surface area contributed by atoms with Crippen LogP contribution in [-0.4, -0.2) is 21.8 Å².